The summed E-state index contributed by atoms with van der Waals surface area (Å²) in [5.41, 5.74) is 0.876. The number of carbonyl (C=O) groups excluding carboxylic acids is 1. The number of benzene rings is 1. The summed E-state index contributed by atoms with van der Waals surface area (Å²) >= 11 is 1.53. The van der Waals surface area contributed by atoms with Crippen molar-refractivity contribution in [2.24, 2.45) is 5.41 Å². The Bertz CT molecular complexity index is 614. The van der Waals surface area contributed by atoms with Gasteiger partial charge in [-0.3, -0.25) is 4.79 Å². The van der Waals surface area contributed by atoms with E-state index in [1.165, 1.54) is 11.3 Å². The lowest BCUT2D eigenvalue weighted by atomic mass is 9.92. The van der Waals surface area contributed by atoms with Crippen molar-refractivity contribution in [3.05, 3.63) is 57.8 Å². The van der Waals surface area contributed by atoms with E-state index >= 15 is 0 Å². The van der Waals surface area contributed by atoms with Gasteiger partial charge in [-0.25, -0.2) is 0 Å². The molecule has 22 heavy (non-hydrogen) atoms. The Hall–Kier alpha value is -1.65. The van der Waals surface area contributed by atoms with Gasteiger partial charge in [0, 0.05) is 16.2 Å². The average molecular weight is 317 g/mol. The van der Waals surface area contributed by atoms with Crippen LogP contribution < -0.4 is 5.32 Å². The summed E-state index contributed by atoms with van der Waals surface area (Å²) in [4.78, 5) is 13.8. The molecule has 1 aromatic carbocycles. The largest absolute Gasteiger partial charge is 0.383 e. The molecule has 2 aromatic rings. The molecule has 1 atom stereocenters. The molecule has 118 valence electrons. The number of rotatable bonds is 5. The van der Waals surface area contributed by atoms with E-state index in [0.29, 0.717) is 13.0 Å². The first-order chi connectivity index (χ1) is 10.3. The third kappa shape index (κ3) is 4.97. The van der Waals surface area contributed by atoms with Crippen LogP contribution in [0.1, 0.15) is 48.6 Å². The Kier molecular flexibility index (Phi) is 5.37. The highest BCUT2D eigenvalue weighted by Crippen LogP contribution is 2.28. The van der Waals surface area contributed by atoms with Gasteiger partial charge in [-0.1, -0.05) is 51.1 Å². The van der Waals surface area contributed by atoms with Crippen molar-refractivity contribution in [3.63, 3.8) is 0 Å². The van der Waals surface area contributed by atoms with Crippen molar-refractivity contribution < 1.29 is 9.90 Å². The fourth-order valence-electron chi connectivity index (χ4n) is 2.17. The number of aliphatic hydroxyl groups excluding tert-OH is 1. The van der Waals surface area contributed by atoms with E-state index in [0.717, 1.165) is 15.3 Å². The molecule has 0 saturated heterocycles. The lowest BCUT2D eigenvalue weighted by Crippen LogP contribution is -2.26. The predicted octanol–water partition coefficient (Wildman–Crippen LogP) is 3.88. The summed E-state index contributed by atoms with van der Waals surface area (Å²) in [7, 11) is 0. The van der Waals surface area contributed by atoms with Gasteiger partial charge in [0.25, 0.3) is 0 Å². The Morgan fingerprint density at radius 2 is 1.86 bits per heavy atom. The number of amides is 1. The van der Waals surface area contributed by atoms with E-state index in [1.54, 1.807) is 0 Å². The highest BCUT2D eigenvalue weighted by molar-refractivity contribution is 7.12. The minimum absolute atomic E-state index is 0.00576. The Morgan fingerprint density at radius 3 is 2.50 bits per heavy atom. The van der Waals surface area contributed by atoms with Gasteiger partial charge >= 0.3 is 0 Å². The molecular formula is C18H23NO2S. The van der Waals surface area contributed by atoms with Crippen molar-refractivity contribution in [2.45, 2.75) is 39.8 Å². The van der Waals surface area contributed by atoms with Crippen molar-refractivity contribution in [2.75, 3.05) is 0 Å². The second-order valence-electron chi connectivity index (χ2n) is 6.63. The van der Waals surface area contributed by atoms with Gasteiger partial charge in [-0.2, -0.15) is 0 Å². The van der Waals surface area contributed by atoms with E-state index < -0.39 is 6.10 Å². The van der Waals surface area contributed by atoms with Gasteiger partial charge in [-0.15, -0.1) is 11.3 Å². The molecule has 0 aliphatic carbocycles. The van der Waals surface area contributed by atoms with Crippen LogP contribution in [0.25, 0.3) is 0 Å². The monoisotopic (exact) mass is 317 g/mol. The fourth-order valence-corrected chi connectivity index (χ4v) is 3.13. The van der Waals surface area contributed by atoms with Gasteiger partial charge < -0.3 is 10.4 Å². The summed E-state index contributed by atoms with van der Waals surface area (Å²) in [6.45, 7) is 6.66. The molecule has 2 rings (SSSR count). The minimum Gasteiger partial charge on any atom is -0.383 e. The zero-order valence-electron chi connectivity index (χ0n) is 13.3. The highest BCUT2D eigenvalue weighted by Gasteiger charge is 2.16. The maximum Gasteiger partial charge on any atom is 0.220 e. The normalized spacial score (nSPS) is 12.9. The number of hydrogen-bond acceptors (Lipinski definition) is 3. The van der Waals surface area contributed by atoms with Crippen molar-refractivity contribution >= 4 is 17.2 Å². The van der Waals surface area contributed by atoms with Crippen molar-refractivity contribution in [1.29, 1.82) is 0 Å². The summed E-state index contributed by atoms with van der Waals surface area (Å²) in [5.74, 6) is 0.0612. The second-order valence-corrected chi connectivity index (χ2v) is 7.83. The number of aliphatic hydroxyl groups is 1. The molecular weight excluding hydrogens is 294 g/mol. The molecule has 1 unspecified atom stereocenters. The van der Waals surface area contributed by atoms with Crippen LogP contribution in [-0.4, -0.2) is 11.0 Å². The molecule has 1 heterocycles. The van der Waals surface area contributed by atoms with Crippen LogP contribution in [0.3, 0.4) is 0 Å². The predicted molar refractivity (Wildman–Crippen MR) is 90.7 cm³/mol. The van der Waals surface area contributed by atoms with Crippen LogP contribution in [0.15, 0.2) is 42.5 Å². The third-order valence-corrected chi connectivity index (χ3v) is 4.36. The molecule has 0 aliphatic heterocycles. The molecule has 3 nitrogen and oxygen atoms in total. The quantitative estimate of drug-likeness (QED) is 0.879. The molecule has 1 aromatic heterocycles. The topological polar surface area (TPSA) is 49.3 Å². The molecule has 0 spiro atoms. The van der Waals surface area contributed by atoms with E-state index in [1.807, 2.05) is 63.2 Å². The first-order valence-corrected chi connectivity index (χ1v) is 8.25. The van der Waals surface area contributed by atoms with E-state index in [-0.39, 0.29) is 11.3 Å². The molecule has 0 radical (unpaired) electrons. The maximum absolute atomic E-state index is 11.8. The Morgan fingerprint density at radius 1 is 1.18 bits per heavy atom. The minimum atomic E-state index is -0.606. The summed E-state index contributed by atoms with van der Waals surface area (Å²) in [6.07, 6.45) is -0.0945. The summed E-state index contributed by atoms with van der Waals surface area (Å²) < 4.78 is 0. The van der Waals surface area contributed by atoms with Gasteiger partial charge in [0.1, 0.15) is 6.10 Å². The molecule has 0 saturated carbocycles. The van der Waals surface area contributed by atoms with E-state index in [4.69, 9.17) is 0 Å². The number of carbonyl (C=O) groups is 1. The average Bonchev–Trinajstić information content (AvgIpc) is 2.92. The Labute approximate surface area is 136 Å². The summed E-state index contributed by atoms with van der Waals surface area (Å²) in [6, 6.07) is 13.5. The molecule has 2 N–H and O–H groups in total. The standard InChI is InChI=1S/C18H23NO2S/c1-18(2,3)11-16(20)19-12-14-9-10-15(22-14)17(21)13-7-5-4-6-8-13/h4-10,17,21H,11-12H2,1-3H3,(H,19,20). The lowest BCUT2D eigenvalue weighted by molar-refractivity contribution is -0.122. The number of nitrogens with one attached hydrogen (secondary N) is 1. The van der Waals surface area contributed by atoms with Crippen LogP contribution in [-0.2, 0) is 11.3 Å². The lowest BCUT2D eigenvalue weighted by Gasteiger charge is -2.17. The van der Waals surface area contributed by atoms with Crippen LogP contribution in [0.5, 0.6) is 0 Å². The summed E-state index contributed by atoms with van der Waals surface area (Å²) in [5, 5.41) is 13.3. The van der Waals surface area contributed by atoms with Crippen LogP contribution in [0.2, 0.25) is 0 Å². The van der Waals surface area contributed by atoms with Crippen LogP contribution in [0, 0.1) is 5.41 Å². The van der Waals surface area contributed by atoms with Gasteiger partial charge in [0.15, 0.2) is 0 Å². The fraction of sp³-hybridized carbons (Fsp3) is 0.389. The third-order valence-electron chi connectivity index (χ3n) is 3.22. The molecule has 0 fully saturated rings. The van der Waals surface area contributed by atoms with E-state index in [9.17, 15) is 9.90 Å². The number of thiophene rings is 1. The van der Waals surface area contributed by atoms with Crippen LogP contribution in [0.4, 0.5) is 0 Å². The van der Waals surface area contributed by atoms with Gasteiger partial charge in [0.2, 0.25) is 5.91 Å². The molecule has 1 amide bonds. The molecule has 0 aliphatic rings. The van der Waals surface area contributed by atoms with Crippen molar-refractivity contribution in [3.8, 4) is 0 Å². The zero-order valence-corrected chi connectivity index (χ0v) is 14.1. The molecule has 4 heteroatoms. The van der Waals surface area contributed by atoms with Crippen molar-refractivity contribution in [1.82, 2.24) is 5.32 Å². The van der Waals surface area contributed by atoms with E-state index in [2.05, 4.69) is 5.32 Å². The van der Waals surface area contributed by atoms with Gasteiger partial charge in [-0.05, 0) is 23.1 Å². The highest BCUT2D eigenvalue weighted by atomic mass is 32.1. The molecule has 0 bridgehead atoms. The Balaban J connectivity index is 1.93. The first kappa shape index (κ1) is 16.7. The smallest absolute Gasteiger partial charge is 0.220 e. The maximum atomic E-state index is 11.8. The zero-order chi connectivity index (χ0) is 16.2. The SMILES string of the molecule is CC(C)(C)CC(=O)NCc1ccc(C(O)c2ccccc2)s1. The first-order valence-electron chi connectivity index (χ1n) is 7.43. The number of hydrogen-bond donors (Lipinski definition) is 2. The van der Waals surface area contributed by atoms with Gasteiger partial charge in [0.05, 0.1) is 6.54 Å². The second kappa shape index (κ2) is 7.07. The van der Waals surface area contributed by atoms with Crippen LogP contribution >= 0.6 is 11.3 Å².